The lowest BCUT2D eigenvalue weighted by molar-refractivity contribution is 0.198. The molecular weight excluding hydrogens is 472 g/mol. The summed E-state index contributed by atoms with van der Waals surface area (Å²) in [6.45, 7) is 7.81. The van der Waals surface area contributed by atoms with Gasteiger partial charge in [0.25, 0.3) is 0 Å². The monoisotopic (exact) mass is 494 g/mol. The van der Waals surface area contributed by atoms with Crippen LogP contribution in [-0.2, 0) is 23.3 Å². The maximum Gasteiger partial charge on any atom is 0.414 e. The second-order valence-electron chi connectivity index (χ2n) is 8.61. The smallest absolute Gasteiger partial charge is 0.414 e. The Labute approximate surface area is 197 Å². The summed E-state index contributed by atoms with van der Waals surface area (Å²) < 4.78 is 27.6. The molecular formula is C21H23ClN4O4S2. The number of thiophene rings is 1. The van der Waals surface area contributed by atoms with Crippen molar-refractivity contribution in [3.05, 3.63) is 39.9 Å². The first-order chi connectivity index (χ1) is 15.1. The molecule has 0 aliphatic heterocycles. The van der Waals surface area contributed by atoms with Crippen LogP contribution in [0.5, 0.6) is 5.88 Å². The van der Waals surface area contributed by atoms with Crippen molar-refractivity contribution in [1.82, 2.24) is 15.3 Å². The van der Waals surface area contributed by atoms with E-state index in [1.807, 2.05) is 27.7 Å². The molecule has 0 saturated heterocycles. The van der Waals surface area contributed by atoms with Crippen molar-refractivity contribution in [1.29, 1.82) is 0 Å². The molecule has 1 aliphatic carbocycles. The Morgan fingerprint density at radius 3 is 2.84 bits per heavy atom. The fourth-order valence-electron chi connectivity index (χ4n) is 3.13. The first-order valence-corrected chi connectivity index (χ1v) is 12.3. The van der Waals surface area contributed by atoms with Gasteiger partial charge in [-0.15, -0.1) is 11.3 Å². The fourth-order valence-corrected chi connectivity index (χ4v) is 5.29. The van der Waals surface area contributed by atoms with Gasteiger partial charge in [-0.05, 0) is 69.8 Å². The van der Waals surface area contributed by atoms with E-state index < -0.39 is 22.2 Å². The van der Waals surface area contributed by atoms with E-state index in [4.69, 9.17) is 20.8 Å². The minimum absolute atomic E-state index is 0.00821. The lowest BCUT2D eigenvalue weighted by atomic mass is 10.0. The summed E-state index contributed by atoms with van der Waals surface area (Å²) >= 11 is 6.23. The number of rotatable bonds is 6. The van der Waals surface area contributed by atoms with E-state index in [-0.39, 0.29) is 23.1 Å². The number of nitrogens with one attached hydrogen (secondary N) is 1. The Morgan fingerprint density at radius 2 is 2.22 bits per heavy atom. The average molecular weight is 495 g/mol. The fraction of sp³-hybridized carbons (Fsp3) is 0.429. The highest BCUT2D eigenvalue weighted by Crippen LogP contribution is 2.53. The first-order valence-electron chi connectivity index (χ1n) is 10.0. The molecule has 1 aliphatic rings. The van der Waals surface area contributed by atoms with Crippen LogP contribution in [0.25, 0.3) is 10.2 Å². The predicted octanol–water partition coefficient (Wildman–Crippen LogP) is 5.10. The first kappa shape index (κ1) is 23.0. The quantitative estimate of drug-likeness (QED) is 0.290. The summed E-state index contributed by atoms with van der Waals surface area (Å²) in [7, 11) is 0. The molecule has 1 saturated carbocycles. The molecule has 3 heterocycles. The highest BCUT2D eigenvalue weighted by atomic mass is 35.5. The Hall–Kier alpha value is -2.14. The van der Waals surface area contributed by atoms with E-state index in [0.29, 0.717) is 16.0 Å². The number of hydrogen-bond donors (Lipinski definition) is 1. The van der Waals surface area contributed by atoms with Gasteiger partial charge in [0, 0.05) is 10.3 Å². The number of fused-ring (bicyclic) bond motifs is 1. The van der Waals surface area contributed by atoms with Gasteiger partial charge in [0.1, 0.15) is 26.6 Å². The van der Waals surface area contributed by atoms with Gasteiger partial charge in [-0.1, -0.05) is 4.40 Å². The zero-order valence-electron chi connectivity index (χ0n) is 18.1. The van der Waals surface area contributed by atoms with Gasteiger partial charge >= 0.3 is 6.09 Å². The van der Waals surface area contributed by atoms with Crippen LogP contribution in [0.2, 0.25) is 5.28 Å². The molecule has 170 valence electrons. The van der Waals surface area contributed by atoms with Crippen LogP contribution in [-0.4, -0.2) is 31.6 Å². The van der Waals surface area contributed by atoms with E-state index in [9.17, 15) is 9.35 Å². The van der Waals surface area contributed by atoms with Gasteiger partial charge in [0.05, 0.1) is 24.5 Å². The maximum absolute atomic E-state index is 12.4. The number of nitrogens with zero attached hydrogens (tertiary/aromatic N) is 3. The number of furan rings is 1. The summed E-state index contributed by atoms with van der Waals surface area (Å²) in [5, 5.41) is 2.61. The highest BCUT2D eigenvalue weighted by molar-refractivity contribution is 7.91. The van der Waals surface area contributed by atoms with Gasteiger partial charge in [-0.2, -0.15) is 4.98 Å². The lowest BCUT2D eigenvalue weighted by Crippen LogP contribution is -2.26. The van der Waals surface area contributed by atoms with Crippen LogP contribution in [0.3, 0.4) is 0 Å². The molecule has 0 spiro atoms. The highest BCUT2D eigenvalue weighted by Gasteiger charge is 2.47. The van der Waals surface area contributed by atoms with Crippen molar-refractivity contribution in [2.75, 3.05) is 0 Å². The second-order valence-corrected chi connectivity index (χ2v) is 11.9. The van der Waals surface area contributed by atoms with E-state index >= 15 is 0 Å². The lowest BCUT2D eigenvalue weighted by Gasteiger charge is -2.18. The van der Waals surface area contributed by atoms with Gasteiger partial charge < -0.3 is 19.0 Å². The molecule has 1 N–H and O–H groups in total. The average Bonchev–Trinajstić information content (AvgIpc) is 3.16. The number of ether oxygens (including phenoxy) is 1. The van der Waals surface area contributed by atoms with Crippen molar-refractivity contribution >= 4 is 56.8 Å². The molecule has 1 amide bonds. The summed E-state index contributed by atoms with van der Waals surface area (Å²) in [5.41, 5.74) is 1.28. The van der Waals surface area contributed by atoms with E-state index in [0.717, 1.165) is 23.3 Å². The van der Waals surface area contributed by atoms with Crippen molar-refractivity contribution in [2.45, 2.75) is 57.2 Å². The third-order valence-corrected chi connectivity index (χ3v) is 8.05. The van der Waals surface area contributed by atoms with Crippen molar-refractivity contribution in [3.8, 4) is 5.88 Å². The molecule has 1 atom stereocenters. The number of halogens is 1. The topological polar surface area (TPSA) is 113 Å². The third-order valence-electron chi connectivity index (χ3n) is 5.04. The molecule has 0 aromatic carbocycles. The SMILES string of the molecule is Cc1c(C2(/C=N/[S@+]([O-])C(C)(C)C)CC2)sc2c(OC(=O)NCc3ccco3)nc(Cl)nc12. The molecule has 3 aromatic heterocycles. The van der Waals surface area contributed by atoms with Crippen LogP contribution in [0, 0.1) is 6.92 Å². The van der Waals surface area contributed by atoms with E-state index in [2.05, 4.69) is 19.7 Å². The zero-order valence-corrected chi connectivity index (χ0v) is 20.5. The molecule has 0 unspecified atom stereocenters. The molecule has 4 rings (SSSR count). The summed E-state index contributed by atoms with van der Waals surface area (Å²) in [6, 6.07) is 3.48. The molecule has 0 bridgehead atoms. The molecule has 8 nitrogen and oxygen atoms in total. The Kier molecular flexibility index (Phi) is 6.23. The van der Waals surface area contributed by atoms with Gasteiger partial charge in [-0.25, -0.2) is 9.78 Å². The third kappa shape index (κ3) is 4.78. The number of hydrogen-bond acceptors (Lipinski definition) is 8. The number of aryl methyl sites for hydroxylation is 1. The molecule has 32 heavy (non-hydrogen) atoms. The standard InChI is InChI=1S/C21H23ClN4O4S2/c1-12-14-15(31-16(12)21(7-8-21)11-24-32(28)20(2,3)4)17(26-18(22)25-14)30-19(27)23-10-13-6-5-9-29-13/h5-6,9,11H,7-8,10H2,1-4H3,(H,23,27)/b24-11+/t32-/m1/s1. The molecule has 3 aromatic rings. The van der Waals surface area contributed by atoms with Crippen molar-refractivity contribution in [2.24, 2.45) is 4.40 Å². The van der Waals surface area contributed by atoms with Crippen LogP contribution in [0.1, 0.15) is 49.8 Å². The van der Waals surface area contributed by atoms with Gasteiger partial charge in [-0.3, -0.25) is 0 Å². The minimum Gasteiger partial charge on any atom is -0.591 e. The van der Waals surface area contributed by atoms with Crippen LogP contribution in [0.15, 0.2) is 27.2 Å². The number of aromatic nitrogens is 2. The Morgan fingerprint density at radius 1 is 1.47 bits per heavy atom. The predicted molar refractivity (Wildman–Crippen MR) is 126 cm³/mol. The zero-order chi connectivity index (χ0) is 23.1. The summed E-state index contributed by atoms with van der Waals surface area (Å²) in [5.74, 6) is 0.701. The number of carbonyl (C=O) groups is 1. The largest absolute Gasteiger partial charge is 0.591 e. The van der Waals surface area contributed by atoms with Gasteiger partial charge in [0.15, 0.2) is 0 Å². The van der Waals surface area contributed by atoms with Gasteiger partial charge in [0.2, 0.25) is 11.2 Å². The molecule has 1 fully saturated rings. The Balaban J connectivity index is 1.60. The van der Waals surface area contributed by atoms with Crippen LogP contribution < -0.4 is 10.1 Å². The minimum atomic E-state index is -1.33. The van der Waals surface area contributed by atoms with E-state index in [1.54, 1.807) is 18.3 Å². The van der Waals surface area contributed by atoms with E-state index in [1.165, 1.54) is 17.6 Å². The molecule has 0 radical (unpaired) electrons. The molecule has 11 heteroatoms. The Bertz CT molecular complexity index is 1170. The van der Waals surface area contributed by atoms with Crippen molar-refractivity contribution in [3.63, 3.8) is 0 Å². The van der Waals surface area contributed by atoms with Crippen molar-refractivity contribution < 1.29 is 18.5 Å². The summed E-state index contributed by atoms with van der Waals surface area (Å²) in [4.78, 5) is 21.8. The normalized spacial score (nSPS) is 16.4. The van der Waals surface area contributed by atoms with Crippen LogP contribution in [0.4, 0.5) is 4.79 Å². The van der Waals surface area contributed by atoms with Crippen LogP contribution >= 0.6 is 22.9 Å². The number of amides is 1. The maximum atomic E-state index is 12.4. The second kappa shape index (κ2) is 8.66. The summed E-state index contributed by atoms with van der Waals surface area (Å²) in [6.07, 6.45) is 4.45. The number of carbonyl (C=O) groups excluding carboxylic acids is 1.